The van der Waals surface area contributed by atoms with Crippen LogP contribution in [0.1, 0.15) is 32.1 Å². The van der Waals surface area contributed by atoms with Crippen LogP contribution < -0.4 is 5.73 Å². The lowest BCUT2D eigenvalue weighted by Gasteiger charge is -2.33. The molecule has 0 unspecified atom stereocenters. The van der Waals surface area contributed by atoms with Crippen molar-refractivity contribution in [3.8, 4) is 0 Å². The van der Waals surface area contributed by atoms with E-state index in [1.165, 1.54) is 0 Å². The molecular weight excluding hydrogens is 242 g/mol. The van der Waals surface area contributed by atoms with Gasteiger partial charge in [-0.3, -0.25) is 9.69 Å². The van der Waals surface area contributed by atoms with Crippen molar-refractivity contribution >= 4 is 5.91 Å². The van der Waals surface area contributed by atoms with Crippen molar-refractivity contribution in [1.82, 2.24) is 9.80 Å². The molecule has 2 aliphatic rings. The fourth-order valence-corrected chi connectivity index (χ4v) is 3.43. The summed E-state index contributed by atoms with van der Waals surface area (Å²) in [6.07, 6.45) is 5.17. The number of β-amino-alcohol motifs (C(OH)–C–C–N with tert-alkyl or cyclic N) is 1. The molecule has 110 valence electrons. The lowest BCUT2D eigenvalue weighted by atomic mass is 9.84. The summed E-state index contributed by atoms with van der Waals surface area (Å²) in [6.45, 7) is 4.85. The first-order valence-electron chi connectivity index (χ1n) is 7.54. The van der Waals surface area contributed by atoms with Crippen LogP contribution in [0.4, 0.5) is 0 Å². The van der Waals surface area contributed by atoms with Gasteiger partial charge in [-0.15, -0.1) is 0 Å². The van der Waals surface area contributed by atoms with E-state index in [0.29, 0.717) is 13.1 Å². The van der Waals surface area contributed by atoms with Gasteiger partial charge in [0.1, 0.15) is 0 Å². The van der Waals surface area contributed by atoms with E-state index in [4.69, 9.17) is 10.8 Å². The highest BCUT2D eigenvalue weighted by Gasteiger charge is 2.42. The van der Waals surface area contributed by atoms with Gasteiger partial charge in [-0.2, -0.15) is 0 Å². The molecule has 2 rings (SSSR count). The van der Waals surface area contributed by atoms with Crippen LogP contribution in [0.25, 0.3) is 0 Å². The second kappa shape index (κ2) is 6.68. The van der Waals surface area contributed by atoms with E-state index in [9.17, 15) is 4.79 Å². The van der Waals surface area contributed by atoms with Gasteiger partial charge in [0.15, 0.2) is 0 Å². The number of amides is 1. The van der Waals surface area contributed by atoms with Gasteiger partial charge in [0.2, 0.25) is 5.91 Å². The highest BCUT2D eigenvalue weighted by Crippen LogP contribution is 2.38. The number of nitrogens with two attached hydrogens (primary N) is 1. The Morgan fingerprint density at radius 2 is 1.84 bits per heavy atom. The SMILES string of the molecule is NCC1(C(=O)N2CCCN(CCO)CC2)CCCC1. The fraction of sp³-hybridized carbons (Fsp3) is 0.929. The van der Waals surface area contributed by atoms with Gasteiger partial charge in [-0.1, -0.05) is 12.8 Å². The van der Waals surface area contributed by atoms with Crippen LogP contribution in [0.15, 0.2) is 0 Å². The van der Waals surface area contributed by atoms with E-state index in [2.05, 4.69) is 4.90 Å². The van der Waals surface area contributed by atoms with E-state index < -0.39 is 0 Å². The smallest absolute Gasteiger partial charge is 0.230 e. The predicted molar refractivity (Wildman–Crippen MR) is 74.7 cm³/mol. The van der Waals surface area contributed by atoms with Crippen LogP contribution in [0, 0.1) is 5.41 Å². The molecule has 2 fully saturated rings. The quantitative estimate of drug-likeness (QED) is 0.755. The third-order valence-electron chi connectivity index (χ3n) is 4.70. The standard InChI is InChI=1S/C14H27N3O2/c15-12-14(4-1-2-5-14)13(19)17-7-3-6-16(8-9-17)10-11-18/h18H,1-12,15H2. The van der Waals surface area contributed by atoms with Crippen LogP contribution in [0.3, 0.4) is 0 Å². The Balaban J connectivity index is 1.95. The molecule has 1 saturated heterocycles. The number of nitrogens with zero attached hydrogens (tertiary/aromatic N) is 2. The van der Waals surface area contributed by atoms with Crippen molar-refractivity contribution in [2.24, 2.45) is 11.1 Å². The highest BCUT2D eigenvalue weighted by molar-refractivity contribution is 5.83. The second-order valence-corrected chi connectivity index (χ2v) is 5.90. The number of aliphatic hydroxyl groups excluding tert-OH is 1. The minimum Gasteiger partial charge on any atom is -0.395 e. The van der Waals surface area contributed by atoms with Crippen molar-refractivity contribution in [3.05, 3.63) is 0 Å². The summed E-state index contributed by atoms with van der Waals surface area (Å²) in [5.41, 5.74) is 5.63. The molecule has 3 N–H and O–H groups in total. The van der Waals surface area contributed by atoms with Gasteiger partial charge >= 0.3 is 0 Å². The molecule has 5 nitrogen and oxygen atoms in total. The third kappa shape index (κ3) is 3.27. The Kier molecular flexibility index (Phi) is 5.19. The Hall–Kier alpha value is -0.650. The number of aliphatic hydroxyl groups is 1. The van der Waals surface area contributed by atoms with Crippen LogP contribution in [-0.4, -0.2) is 66.7 Å². The van der Waals surface area contributed by atoms with E-state index in [1.54, 1.807) is 0 Å². The Bertz CT molecular complexity index is 303. The Morgan fingerprint density at radius 3 is 2.47 bits per heavy atom. The molecule has 0 atom stereocenters. The third-order valence-corrected chi connectivity index (χ3v) is 4.70. The molecule has 1 aliphatic heterocycles. The number of hydrogen-bond donors (Lipinski definition) is 2. The number of hydrogen-bond acceptors (Lipinski definition) is 4. The van der Waals surface area contributed by atoms with E-state index in [0.717, 1.165) is 58.3 Å². The van der Waals surface area contributed by atoms with Gasteiger partial charge in [0.25, 0.3) is 0 Å². The maximum atomic E-state index is 12.7. The summed E-state index contributed by atoms with van der Waals surface area (Å²) in [4.78, 5) is 17.0. The summed E-state index contributed by atoms with van der Waals surface area (Å²) in [6, 6.07) is 0. The molecule has 1 amide bonds. The zero-order chi connectivity index (χ0) is 13.7. The van der Waals surface area contributed by atoms with Gasteiger partial charge < -0.3 is 15.7 Å². The summed E-state index contributed by atoms with van der Waals surface area (Å²) >= 11 is 0. The minimum atomic E-state index is -0.272. The zero-order valence-corrected chi connectivity index (χ0v) is 11.8. The summed E-state index contributed by atoms with van der Waals surface area (Å²) < 4.78 is 0. The monoisotopic (exact) mass is 269 g/mol. The molecule has 1 heterocycles. The van der Waals surface area contributed by atoms with Crippen molar-refractivity contribution in [3.63, 3.8) is 0 Å². The van der Waals surface area contributed by atoms with Crippen molar-refractivity contribution in [1.29, 1.82) is 0 Å². The zero-order valence-electron chi connectivity index (χ0n) is 11.8. The maximum absolute atomic E-state index is 12.7. The van der Waals surface area contributed by atoms with Crippen molar-refractivity contribution in [2.45, 2.75) is 32.1 Å². The second-order valence-electron chi connectivity index (χ2n) is 5.90. The summed E-state index contributed by atoms with van der Waals surface area (Å²) in [5.74, 6) is 0.276. The van der Waals surface area contributed by atoms with E-state index in [-0.39, 0.29) is 17.9 Å². The van der Waals surface area contributed by atoms with Gasteiger partial charge in [0, 0.05) is 32.7 Å². The molecule has 0 aromatic heterocycles. The van der Waals surface area contributed by atoms with Crippen molar-refractivity contribution in [2.75, 3.05) is 45.9 Å². The Labute approximate surface area is 115 Å². The fourth-order valence-electron chi connectivity index (χ4n) is 3.43. The number of carbonyl (C=O) groups is 1. The minimum absolute atomic E-state index is 0.195. The molecular formula is C14H27N3O2. The number of rotatable bonds is 4. The average Bonchev–Trinajstić information content (AvgIpc) is 2.80. The largest absolute Gasteiger partial charge is 0.395 e. The first-order valence-corrected chi connectivity index (χ1v) is 7.54. The molecule has 0 aromatic carbocycles. The summed E-state index contributed by atoms with van der Waals surface area (Å²) in [7, 11) is 0. The molecule has 5 heteroatoms. The van der Waals surface area contributed by atoms with Gasteiger partial charge in [0.05, 0.1) is 12.0 Å². The first kappa shape index (κ1) is 14.8. The van der Waals surface area contributed by atoms with Crippen LogP contribution >= 0.6 is 0 Å². The first-order chi connectivity index (χ1) is 9.22. The molecule has 19 heavy (non-hydrogen) atoms. The van der Waals surface area contributed by atoms with E-state index in [1.807, 2.05) is 4.90 Å². The summed E-state index contributed by atoms with van der Waals surface area (Å²) in [5, 5.41) is 9.00. The van der Waals surface area contributed by atoms with Crippen molar-refractivity contribution < 1.29 is 9.90 Å². The maximum Gasteiger partial charge on any atom is 0.230 e. The van der Waals surface area contributed by atoms with Crippen LogP contribution in [0.5, 0.6) is 0 Å². The Morgan fingerprint density at radius 1 is 1.11 bits per heavy atom. The van der Waals surface area contributed by atoms with E-state index >= 15 is 0 Å². The molecule has 0 radical (unpaired) electrons. The van der Waals surface area contributed by atoms with Crippen LogP contribution in [-0.2, 0) is 4.79 Å². The molecule has 1 aliphatic carbocycles. The molecule has 0 bridgehead atoms. The predicted octanol–water partition coefficient (Wildman–Crippen LogP) is 0.0321. The topological polar surface area (TPSA) is 69.8 Å². The normalized spacial score (nSPS) is 24.4. The van der Waals surface area contributed by atoms with Gasteiger partial charge in [-0.05, 0) is 25.8 Å². The van der Waals surface area contributed by atoms with Crippen LogP contribution in [0.2, 0.25) is 0 Å². The van der Waals surface area contributed by atoms with Gasteiger partial charge in [-0.25, -0.2) is 0 Å². The molecule has 0 aromatic rings. The number of carbonyl (C=O) groups excluding carboxylic acids is 1. The highest BCUT2D eigenvalue weighted by atomic mass is 16.3. The molecule has 0 spiro atoms. The lowest BCUT2D eigenvalue weighted by molar-refractivity contribution is -0.141. The average molecular weight is 269 g/mol. The molecule has 1 saturated carbocycles. The lowest BCUT2D eigenvalue weighted by Crippen LogP contribution is -2.47.